The molecule has 77 heavy (non-hydrogen) atoms. The van der Waals surface area contributed by atoms with Crippen LogP contribution in [-0.4, -0.2) is 101 Å². The number of hydrogen-bond acceptors (Lipinski definition) is 13. The van der Waals surface area contributed by atoms with Gasteiger partial charge in [0.1, 0.15) is 0 Å². The molecule has 0 spiro atoms. The number of aryl methyl sites for hydroxylation is 2. The second-order valence-corrected chi connectivity index (χ2v) is 20.4. The number of para-hydroxylation sites is 1. The zero-order chi connectivity index (χ0) is 54.7. The van der Waals surface area contributed by atoms with Crippen molar-refractivity contribution in [3.8, 4) is 28.2 Å². The lowest BCUT2D eigenvalue weighted by Crippen LogP contribution is -2.43. The molecule has 16 nitrogen and oxygen atoms in total. The van der Waals surface area contributed by atoms with E-state index in [1.165, 1.54) is 29.8 Å². The SMILES string of the molecule is Cc1ccc(-c2cc(C(F)(F)F)nn2-c2ccc(S(N)(=O)=O)cc2)cc1.Cc1ccc(NC(=O)c2ccc(CN3CCN(C)CC3)cc2)cc1Nc1nccc(-c2cccnc2)n1.Clc1cccc(Cl)c1NC1=NCCN1. The van der Waals surface area contributed by atoms with Gasteiger partial charge in [-0.15, -0.1) is 0 Å². The molecular weight excluding hydrogens is 1050 g/mol. The Morgan fingerprint density at radius 1 is 0.805 bits per heavy atom. The van der Waals surface area contributed by atoms with Crippen molar-refractivity contribution in [2.24, 2.45) is 10.1 Å². The van der Waals surface area contributed by atoms with Crippen LogP contribution in [0, 0.1) is 13.8 Å². The van der Waals surface area contributed by atoms with E-state index < -0.39 is 21.9 Å². The fourth-order valence-corrected chi connectivity index (χ4v) is 8.93. The molecule has 1 saturated heterocycles. The number of likely N-dealkylation sites (N-methyl/N-ethyl adjacent to an activating group) is 1. The van der Waals surface area contributed by atoms with Gasteiger partial charge in [0.05, 0.1) is 44.2 Å². The van der Waals surface area contributed by atoms with E-state index in [2.05, 4.69) is 63.2 Å². The van der Waals surface area contributed by atoms with E-state index in [0.717, 1.165) is 90.6 Å². The van der Waals surface area contributed by atoms with Crippen LogP contribution in [0.1, 0.15) is 32.7 Å². The molecule has 10 rings (SSSR count). The number of alkyl halides is 3. The van der Waals surface area contributed by atoms with Gasteiger partial charge in [0.2, 0.25) is 16.0 Å². The van der Waals surface area contributed by atoms with Crippen molar-refractivity contribution in [3.05, 3.63) is 190 Å². The van der Waals surface area contributed by atoms with Crippen LogP contribution in [0.3, 0.4) is 0 Å². The average Bonchev–Trinajstić information content (AvgIpc) is 4.12. The lowest BCUT2D eigenvalue weighted by molar-refractivity contribution is -0.141. The molecule has 2 aliphatic rings. The second kappa shape index (κ2) is 25.0. The Bertz CT molecular complexity index is 3430. The third kappa shape index (κ3) is 15.2. The molecule has 2 aliphatic heterocycles. The number of rotatable bonds is 11. The number of primary sulfonamides is 1. The number of nitrogens with one attached hydrogen (secondary N) is 4. The minimum absolute atomic E-state index is 0.138. The van der Waals surface area contributed by atoms with Crippen molar-refractivity contribution in [1.29, 1.82) is 0 Å². The fraction of sp³-hybridized carbons (Fsp3) is 0.200. The Morgan fingerprint density at radius 3 is 2.16 bits per heavy atom. The second-order valence-electron chi connectivity index (χ2n) is 18.0. The molecule has 5 heterocycles. The van der Waals surface area contributed by atoms with E-state index in [9.17, 15) is 26.4 Å². The van der Waals surface area contributed by atoms with Crippen LogP contribution in [0.5, 0.6) is 0 Å². The number of carbonyl (C=O) groups excluding carboxylic acids is 1. The molecule has 8 aromatic rings. The maximum Gasteiger partial charge on any atom is 0.435 e. The largest absolute Gasteiger partial charge is 0.435 e. The van der Waals surface area contributed by atoms with Gasteiger partial charge in [-0.1, -0.05) is 77.3 Å². The predicted molar refractivity (Wildman–Crippen MR) is 297 cm³/mol. The summed E-state index contributed by atoms with van der Waals surface area (Å²) in [6, 6.07) is 37.7. The summed E-state index contributed by atoms with van der Waals surface area (Å²) >= 11 is 12.0. The third-order valence-corrected chi connectivity index (χ3v) is 13.8. The number of anilines is 4. The standard InChI is InChI=1S/C29H31N7O.C17H14F3N3O2S.C9H9Cl2N3/c1-21-5-10-25(18-27(21)34-29-31-13-11-26(33-29)24-4-3-12-30-19-24)32-28(37)23-8-6-22(7-9-23)20-36-16-14-35(2)15-17-36;1-11-2-4-12(5-3-11)15-10-16(17(18,19)20)22-23(15)13-6-8-14(9-7-13)26(21,24)25;10-6-2-1-3-7(11)8(6)14-9-12-4-5-13-9/h3-13,18-19H,14-17,20H2,1-2H3,(H,32,37)(H,31,33,34);2-10H,1H3,(H2,21,24,25);1-3H,4-5H2,(H2,12,13,14). The number of hydrogen-bond donors (Lipinski definition) is 5. The van der Waals surface area contributed by atoms with Gasteiger partial charge in [0.15, 0.2) is 11.7 Å². The fourth-order valence-electron chi connectivity index (χ4n) is 7.92. The highest BCUT2D eigenvalue weighted by Crippen LogP contribution is 2.34. The number of benzene rings is 5. The summed E-state index contributed by atoms with van der Waals surface area (Å²) in [4.78, 5) is 34.9. The molecule has 0 aliphatic carbocycles. The Labute approximate surface area is 454 Å². The van der Waals surface area contributed by atoms with Crippen molar-refractivity contribution in [1.82, 2.24) is 39.8 Å². The Balaban J connectivity index is 0.000000169. The summed E-state index contributed by atoms with van der Waals surface area (Å²) in [6.07, 6.45) is 0.611. The summed E-state index contributed by atoms with van der Waals surface area (Å²) in [5, 5.41) is 22.3. The van der Waals surface area contributed by atoms with Gasteiger partial charge < -0.3 is 26.2 Å². The van der Waals surface area contributed by atoms with Gasteiger partial charge in [-0.25, -0.2) is 28.2 Å². The van der Waals surface area contributed by atoms with Gasteiger partial charge in [0.25, 0.3) is 5.91 Å². The van der Waals surface area contributed by atoms with Crippen LogP contribution < -0.4 is 26.4 Å². The molecule has 0 radical (unpaired) electrons. The van der Waals surface area contributed by atoms with Gasteiger partial charge in [-0.2, -0.15) is 18.3 Å². The van der Waals surface area contributed by atoms with Crippen LogP contribution in [0.25, 0.3) is 28.2 Å². The van der Waals surface area contributed by atoms with E-state index >= 15 is 0 Å². The normalized spacial score (nSPS) is 13.8. The molecule has 3 aromatic heterocycles. The number of amides is 1. The zero-order valence-electron chi connectivity index (χ0n) is 42.1. The molecule has 398 valence electrons. The molecule has 1 amide bonds. The molecule has 1 fully saturated rings. The Kier molecular flexibility index (Phi) is 18.0. The predicted octanol–water partition coefficient (Wildman–Crippen LogP) is 10.5. The maximum atomic E-state index is 13.1. The van der Waals surface area contributed by atoms with Gasteiger partial charge in [0, 0.05) is 85.9 Å². The topological polar surface area (TPSA) is 201 Å². The van der Waals surface area contributed by atoms with Gasteiger partial charge in [-0.3, -0.25) is 19.7 Å². The van der Waals surface area contributed by atoms with E-state index in [0.29, 0.717) is 38.5 Å². The number of nitrogens with zero attached hydrogens (tertiary/aromatic N) is 8. The molecular formula is C55H54Cl2F3N13O3S. The van der Waals surface area contributed by atoms with Crippen molar-refractivity contribution in [2.75, 3.05) is 62.3 Å². The molecule has 0 bridgehead atoms. The van der Waals surface area contributed by atoms with Crippen molar-refractivity contribution < 1.29 is 26.4 Å². The van der Waals surface area contributed by atoms with Crippen LogP contribution >= 0.6 is 23.2 Å². The number of piperazine rings is 1. The van der Waals surface area contributed by atoms with Crippen LogP contribution in [-0.2, 0) is 22.7 Å². The summed E-state index contributed by atoms with van der Waals surface area (Å²) in [5.41, 5.74) is 7.78. The smallest absolute Gasteiger partial charge is 0.354 e. The number of aliphatic imine (C=N–C) groups is 1. The Hall–Kier alpha value is -7.72. The van der Waals surface area contributed by atoms with Crippen molar-refractivity contribution in [3.63, 3.8) is 0 Å². The molecule has 5 aromatic carbocycles. The average molecular weight is 1110 g/mol. The summed E-state index contributed by atoms with van der Waals surface area (Å²) in [6.45, 7) is 10.7. The number of aromatic nitrogens is 5. The minimum Gasteiger partial charge on any atom is -0.354 e. The van der Waals surface area contributed by atoms with Gasteiger partial charge >= 0.3 is 6.18 Å². The monoisotopic (exact) mass is 1100 g/mol. The highest BCUT2D eigenvalue weighted by molar-refractivity contribution is 7.89. The van der Waals surface area contributed by atoms with Crippen molar-refractivity contribution in [2.45, 2.75) is 31.5 Å². The number of nitrogens with two attached hydrogens (primary N) is 1. The number of guanidine groups is 1. The molecule has 0 unspecified atom stereocenters. The van der Waals surface area contributed by atoms with E-state index in [4.69, 9.17) is 28.3 Å². The van der Waals surface area contributed by atoms with E-state index in [-0.39, 0.29) is 22.2 Å². The van der Waals surface area contributed by atoms with E-state index in [1.807, 2.05) is 74.5 Å². The first kappa shape index (κ1) is 55.5. The van der Waals surface area contributed by atoms with Crippen molar-refractivity contribution >= 4 is 68.1 Å². The lowest BCUT2D eigenvalue weighted by Gasteiger charge is -2.32. The highest BCUT2D eigenvalue weighted by Gasteiger charge is 2.35. The highest BCUT2D eigenvalue weighted by atomic mass is 35.5. The molecule has 0 atom stereocenters. The maximum absolute atomic E-state index is 13.1. The first-order valence-corrected chi connectivity index (χ1v) is 26.5. The third-order valence-electron chi connectivity index (χ3n) is 12.2. The molecule has 22 heteroatoms. The lowest BCUT2D eigenvalue weighted by atomic mass is 10.1. The number of pyridine rings is 1. The molecule has 0 saturated carbocycles. The quantitative estimate of drug-likeness (QED) is 0.0822. The van der Waals surface area contributed by atoms with Crippen LogP contribution in [0.4, 0.5) is 36.2 Å². The number of halogens is 5. The first-order valence-electron chi connectivity index (χ1n) is 24.2. The minimum atomic E-state index is -4.61. The summed E-state index contributed by atoms with van der Waals surface area (Å²) in [7, 11) is -1.74. The number of carbonyl (C=O) groups is 1. The van der Waals surface area contributed by atoms with Crippen LogP contribution in [0.15, 0.2) is 162 Å². The number of sulfonamides is 1. The summed E-state index contributed by atoms with van der Waals surface area (Å²) in [5.74, 6) is 1.06. The molecule has 6 N–H and O–H groups in total. The zero-order valence-corrected chi connectivity index (χ0v) is 44.4. The van der Waals surface area contributed by atoms with Gasteiger partial charge in [-0.05, 0) is 117 Å². The summed E-state index contributed by atoms with van der Waals surface area (Å²) < 4.78 is 63.2. The van der Waals surface area contributed by atoms with E-state index in [1.54, 1.807) is 61.1 Å². The Morgan fingerprint density at radius 2 is 1.52 bits per heavy atom. The van der Waals surface area contributed by atoms with Crippen LogP contribution in [0.2, 0.25) is 10.0 Å². The first-order chi connectivity index (χ1) is 36.9.